The van der Waals surface area contributed by atoms with Gasteiger partial charge in [-0.1, -0.05) is 92.4 Å². The molecule has 0 radical (unpaired) electrons. The van der Waals surface area contributed by atoms with Gasteiger partial charge in [-0.15, -0.1) is 0 Å². The third kappa shape index (κ3) is 5.29. The number of nitrogens with zero attached hydrogens (tertiary/aromatic N) is 2. The first kappa shape index (κ1) is 25.4. The number of rotatable bonds is 8. The second kappa shape index (κ2) is 11.4. The molecule has 5 rings (SSSR count). The van der Waals surface area contributed by atoms with Crippen molar-refractivity contribution in [1.29, 1.82) is 0 Å². The lowest BCUT2D eigenvalue weighted by atomic mass is 9.94. The minimum Gasteiger partial charge on any atom is -0.482 e. The van der Waals surface area contributed by atoms with E-state index >= 15 is 0 Å². The number of para-hydroxylation sites is 1. The Labute approximate surface area is 216 Å². The third-order valence-corrected chi connectivity index (χ3v) is 5.88. The van der Waals surface area contributed by atoms with Gasteiger partial charge in [0.05, 0.1) is 23.7 Å². The van der Waals surface area contributed by atoms with Crippen LogP contribution in [0.1, 0.15) is 13.0 Å². The molecule has 0 bridgehead atoms. The number of carboxylic acid groups (broad SMARTS) is 1. The molecule has 1 aromatic heterocycles. The summed E-state index contributed by atoms with van der Waals surface area (Å²) in [6.45, 7) is -0.607. The molecule has 2 N–H and O–H groups in total. The standard InChI is InChI=1S/C30H24N2O4.CH4/c33-19-27-29(31-32(23-13-5-2-6-14-23)30(27)21-10-3-1-4-11-21)26-17-8-7-16-25(26)22-12-9-15-24(18-22)36-20-28(34)35;/h1-18,33H,19-20H2,(H,34,35);1H4. The quantitative estimate of drug-likeness (QED) is 0.259. The van der Waals surface area contributed by atoms with Crippen molar-refractivity contribution in [1.82, 2.24) is 9.78 Å². The Balaban J connectivity index is 0.00000320. The molecule has 4 aromatic carbocycles. The molecule has 0 unspecified atom stereocenters. The van der Waals surface area contributed by atoms with Crippen LogP contribution in [0.4, 0.5) is 0 Å². The zero-order valence-electron chi connectivity index (χ0n) is 19.4. The van der Waals surface area contributed by atoms with Crippen molar-refractivity contribution >= 4 is 5.97 Å². The number of carbonyl (C=O) groups is 1. The number of ether oxygens (including phenoxy) is 1. The van der Waals surface area contributed by atoms with Crippen LogP contribution in [-0.4, -0.2) is 32.6 Å². The van der Waals surface area contributed by atoms with E-state index in [1.54, 1.807) is 6.07 Å². The lowest BCUT2D eigenvalue weighted by Crippen LogP contribution is -2.09. The molecule has 0 saturated heterocycles. The zero-order chi connectivity index (χ0) is 24.9. The zero-order valence-corrected chi connectivity index (χ0v) is 19.4. The average molecular weight is 493 g/mol. The van der Waals surface area contributed by atoms with Crippen molar-refractivity contribution in [2.24, 2.45) is 0 Å². The highest BCUT2D eigenvalue weighted by molar-refractivity contribution is 5.86. The molecule has 1 heterocycles. The Morgan fingerprint density at radius 1 is 0.784 bits per heavy atom. The van der Waals surface area contributed by atoms with Crippen LogP contribution in [-0.2, 0) is 11.4 Å². The summed E-state index contributed by atoms with van der Waals surface area (Å²) in [7, 11) is 0. The van der Waals surface area contributed by atoms with Gasteiger partial charge in [0.1, 0.15) is 5.75 Å². The van der Waals surface area contributed by atoms with Crippen LogP contribution in [0.15, 0.2) is 109 Å². The van der Waals surface area contributed by atoms with E-state index in [4.69, 9.17) is 14.9 Å². The van der Waals surface area contributed by atoms with Crippen molar-refractivity contribution in [2.45, 2.75) is 14.0 Å². The van der Waals surface area contributed by atoms with Crippen LogP contribution in [0, 0.1) is 0 Å². The molecule has 0 spiro atoms. The summed E-state index contributed by atoms with van der Waals surface area (Å²) < 4.78 is 7.27. The highest BCUT2D eigenvalue weighted by atomic mass is 16.5. The van der Waals surface area contributed by atoms with Gasteiger partial charge in [0.2, 0.25) is 0 Å². The van der Waals surface area contributed by atoms with Gasteiger partial charge in [0, 0.05) is 16.7 Å². The molecule has 0 fully saturated rings. The average Bonchev–Trinajstić information content (AvgIpc) is 3.32. The largest absolute Gasteiger partial charge is 0.482 e. The van der Waals surface area contributed by atoms with Crippen molar-refractivity contribution < 1.29 is 19.7 Å². The van der Waals surface area contributed by atoms with Gasteiger partial charge in [0.15, 0.2) is 6.61 Å². The first-order chi connectivity index (χ1) is 17.7. The van der Waals surface area contributed by atoms with Crippen molar-refractivity contribution in [3.63, 3.8) is 0 Å². The van der Waals surface area contributed by atoms with Gasteiger partial charge in [-0.2, -0.15) is 5.10 Å². The molecule has 0 amide bonds. The molecule has 0 aliphatic rings. The van der Waals surface area contributed by atoms with Gasteiger partial charge in [-0.3, -0.25) is 0 Å². The van der Waals surface area contributed by atoms with Crippen LogP contribution < -0.4 is 4.74 Å². The van der Waals surface area contributed by atoms with Gasteiger partial charge in [-0.05, 0) is 35.4 Å². The lowest BCUT2D eigenvalue weighted by Gasteiger charge is -2.11. The summed E-state index contributed by atoms with van der Waals surface area (Å²) >= 11 is 0. The summed E-state index contributed by atoms with van der Waals surface area (Å²) in [4.78, 5) is 10.9. The second-order valence-electron chi connectivity index (χ2n) is 8.20. The number of hydrogen-bond acceptors (Lipinski definition) is 4. The molecular weight excluding hydrogens is 464 g/mol. The molecule has 186 valence electrons. The predicted molar refractivity (Wildman–Crippen MR) is 146 cm³/mol. The van der Waals surface area contributed by atoms with Crippen LogP contribution in [0.25, 0.3) is 39.3 Å². The topological polar surface area (TPSA) is 84.6 Å². The number of aromatic nitrogens is 2. The summed E-state index contributed by atoms with van der Waals surface area (Å²) in [5.41, 5.74) is 6.66. The number of benzene rings is 4. The van der Waals surface area contributed by atoms with Crippen molar-refractivity contribution in [3.05, 3.63) is 115 Å². The number of carboxylic acids is 1. The van der Waals surface area contributed by atoms with E-state index in [2.05, 4.69) is 0 Å². The maximum Gasteiger partial charge on any atom is 0.341 e. The van der Waals surface area contributed by atoms with Crippen LogP contribution >= 0.6 is 0 Å². The van der Waals surface area contributed by atoms with E-state index in [1.165, 1.54) is 0 Å². The molecule has 5 aromatic rings. The lowest BCUT2D eigenvalue weighted by molar-refractivity contribution is -0.139. The molecule has 37 heavy (non-hydrogen) atoms. The molecule has 0 atom stereocenters. The fourth-order valence-corrected chi connectivity index (χ4v) is 4.30. The Morgan fingerprint density at radius 2 is 1.41 bits per heavy atom. The fourth-order valence-electron chi connectivity index (χ4n) is 4.30. The summed E-state index contributed by atoms with van der Waals surface area (Å²) in [5, 5.41) is 24.6. The first-order valence-corrected chi connectivity index (χ1v) is 11.5. The summed E-state index contributed by atoms with van der Waals surface area (Å²) in [6.07, 6.45) is 0. The predicted octanol–water partition coefficient (Wildman–Crippen LogP) is 6.47. The highest BCUT2D eigenvalue weighted by Gasteiger charge is 2.23. The minimum absolute atomic E-state index is 0. The van der Waals surface area contributed by atoms with Crippen LogP contribution in [0.2, 0.25) is 0 Å². The van der Waals surface area contributed by atoms with Crippen molar-refractivity contribution in [3.8, 4) is 45.1 Å². The van der Waals surface area contributed by atoms with Crippen molar-refractivity contribution in [2.75, 3.05) is 6.61 Å². The van der Waals surface area contributed by atoms with E-state index in [1.807, 2.05) is 108 Å². The molecular formula is C31H28N2O4. The monoisotopic (exact) mass is 492 g/mol. The van der Waals surface area contributed by atoms with E-state index in [9.17, 15) is 9.90 Å². The summed E-state index contributed by atoms with van der Waals surface area (Å²) in [5.74, 6) is -0.569. The van der Waals surface area contributed by atoms with Gasteiger partial charge in [-0.25, -0.2) is 9.48 Å². The van der Waals surface area contributed by atoms with E-state index < -0.39 is 12.6 Å². The first-order valence-electron chi connectivity index (χ1n) is 11.5. The number of aliphatic hydroxyl groups is 1. The van der Waals surface area contributed by atoms with Gasteiger partial charge in [0.25, 0.3) is 0 Å². The molecule has 0 aliphatic carbocycles. The van der Waals surface area contributed by atoms with E-state index in [0.29, 0.717) is 11.4 Å². The summed E-state index contributed by atoms with van der Waals surface area (Å²) in [6, 6.07) is 34.9. The fraction of sp³-hybridized carbons (Fsp3) is 0.0968. The highest BCUT2D eigenvalue weighted by Crippen LogP contribution is 2.39. The van der Waals surface area contributed by atoms with Crippen LogP contribution in [0.3, 0.4) is 0 Å². The SMILES string of the molecule is C.O=C(O)COc1cccc(-c2ccccc2-c2nn(-c3ccccc3)c(-c3ccccc3)c2CO)c1. The Morgan fingerprint density at radius 3 is 2.08 bits per heavy atom. The van der Waals surface area contributed by atoms with Gasteiger partial charge >= 0.3 is 5.97 Å². The van der Waals surface area contributed by atoms with Gasteiger partial charge < -0.3 is 14.9 Å². The van der Waals surface area contributed by atoms with Crippen LogP contribution in [0.5, 0.6) is 5.75 Å². The van der Waals surface area contributed by atoms with E-state index in [-0.39, 0.29) is 14.0 Å². The molecule has 6 heteroatoms. The number of aliphatic carboxylic acids is 1. The second-order valence-corrected chi connectivity index (χ2v) is 8.20. The minimum atomic E-state index is -1.03. The smallest absolute Gasteiger partial charge is 0.341 e. The Kier molecular flexibility index (Phi) is 7.81. The number of aliphatic hydroxyl groups excluding tert-OH is 1. The molecule has 6 nitrogen and oxygen atoms in total. The normalized spacial score (nSPS) is 10.5. The maximum atomic E-state index is 10.9. The Hall–Kier alpha value is -4.68. The number of hydrogen-bond donors (Lipinski definition) is 2. The maximum absolute atomic E-state index is 10.9. The molecule has 0 saturated carbocycles. The Bertz CT molecular complexity index is 1490. The third-order valence-electron chi connectivity index (χ3n) is 5.88. The molecule has 0 aliphatic heterocycles. The van der Waals surface area contributed by atoms with E-state index in [0.717, 1.165) is 39.2 Å².